The van der Waals surface area contributed by atoms with E-state index in [-0.39, 0.29) is 5.78 Å². The van der Waals surface area contributed by atoms with Gasteiger partial charge in [0.2, 0.25) is 0 Å². The van der Waals surface area contributed by atoms with E-state index in [0.717, 1.165) is 5.75 Å². The van der Waals surface area contributed by atoms with Gasteiger partial charge in [0, 0.05) is 5.56 Å². The van der Waals surface area contributed by atoms with Crippen molar-refractivity contribution in [2.45, 2.75) is 6.92 Å². The van der Waals surface area contributed by atoms with E-state index >= 15 is 0 Å². The van der Waals surface area contributed by atoms with Gasteiger partial charge in [0.25, 0.3) is 0 Å². The predicted octanol–water partition coefficient (Wildman–Crippen LogP) is 2.83. The van der Waals surface area contributed by atoms with Crippen molar-refractivity contribution in [3.63, 3.8) is 0 Å². The fourth-order valence-corrected chi connectivity index (χ4v) is 1.52. The molecule has 0 bridgehead atoms. The van der Waals surface area contributed by atoms with Gasteiger partial charge in [0.15, 0.2) is 5.78 Å². The van der Waals surface area contributed by atoms with Crippen LogP contribution in [0, 0.1) is 6.92 Å². The molecule has 16 heavy (non-hydrogen) atoms. The first-order valence-electron chi connectivity index (χ1n) is 4.95. The van der Waals surface area contributed by atoms with Crippen molar-refractivity contribution in [1.82, 2.24) is 0 Å². The van der Waals surface area contributed by atoms with E-state index in [2.05, 4.69) is 0 Å². The first-order valence-corrected chi connectivity index (χ1v) is 4.95. The Labute approximate surface area is 93.7 Å². The third-order valence-corrected chi connectivity index (χ3v) is 2.46. The number of carbonyl (C=O) groups is 1. The lowest BCUT2D eigenvalue weighted by Crippen LogP contribution is -2.01. The summed E-state index contributed by atoms with van der Waals surface area (Å²) in [4.78, 5) is 12.0. The van der Waals surface area contributed by atoms with Gasteiger partial charge in [0.05, 0.1) is 18.9 Å². The van der Waals surface area contributed by atoms with E-state index in [4.69, 9.17) is 9.15 Å². The summed E-state index contributed by atoms with van der Waals surface area (Å²) in [6.45, 7) is 1.77. The maximum Gasteiger partial charge on any atom is 0.196 e. The quantitative estimate of drug-likeness (QED) is 0.740. The Balaban J connectivity index is 2.31. The fraction of sp³-hybridized carbons (Fsp3) is 0.154. The smallest absolute Gasteiger partial charge is 0.196 e. The predicted molar refractivity (Wildman–Crippen MR) is 59.9 cm³/mol. The average molecular weight is 216 g/mol. The van der Waals surface area contributed by atoms with Crippen molar-refractivity contribution >= 4 is 5.78 Å². The number of ketones is 1. The lowest BCUT2D eigenvalue weighted by Gasteiger charge is -2.01. The largest absolute Gasteiger partial charge is 0.497 e. The molecule has 2 rings (SSSR count). The van der Waals surface area contributed by atoms with Crippen LogP contribution in [0.3, 0.4) is 0 Å². The van der Waals surface area contributed by atoms with Crippen LogP contribution in [-0.4, -0.2) is 12.9 Å². The second-order valence-corrected chi connectivity index (χ2v) is 3.45. The molecular formula is C13H12O3. The van der Waals surface area contributed by atoms with Crippen molar-refractivity contribution in [1.29, 1.82) is 0 Å². The summed E-state index contributed by atoms with van der Waals surface area (Å²) in [7, 11) is 1.59. The third-order valence-electron chi connectivity index (χ3n) is 2.46. The van der Waals surface area contributed by atoms with Crippen LogP contribution < -0.4 is 4.74 Å². The van der Waals surface area contributed by atoms with Gasteiger partial charge in [-0.2, -0.15) is 0 Å². The van der Waals surface area contributed by atoms with Crippen LogP contribution in [0.1, 0.15) is 21.7 Å². The van der Waals surface area contributed by atoms with Gasteiger partial charge in [-0.05, 0) is 37.3 Å². The summed E-state index contributed by atoms with van der Waals surface area (Å²) >= 11 is 0. The van der Waals surface area contributed by atoms with Gasteiger partial charge in [0.1, 0.15) is 11.5 Å². The standard InChI is InChI=1S/C13H12O3/c1-9-12(7-8-16-9)13(14)10-3-5-11(15-2)6-4-10/h3-8H,1-2H3. The summed E-state index contributed by atoms with van der Waals surface area (Å²) in [5, 5.41) is 0. The molecule has 0 N–H and O–H groups in total. The number of rotatable bonds is 3. The zero-order valence-corrected chi connectivity index (χ0v) is 9.19. The maximum atomic E-state index is 12.0. The fourth-order valence-electron chi connectivity index (χ4n) is 1.52. The zero-order valence-electron chi connectivity index (χ0n) is 9.19. The normalized spacial score (nSPS) is 10.1. The summed E-state index contributed by atoms with van der Waals surface area (Å²) in [5.41, 5.74) is 1.23. The molecule has 1 aromatic heterocycles. The van der Waals surface area contributed by atoms with Crippen LogP contribution in [0.25, 0.3) is 0 Å². The van der Waals surface area contributed by atoms with Crippen molar-refractivity contribution in [2.24, 2.45) is 0 Å². The molecule has 0 atom stereocenters. The van der Waals surface area contributed by atoms with Gasteiger partial charge < -0.3 is 9.15 Å². The van der Waals surface area contributed by atoms with Gasteiger partial charge >= 0.3 is 0 Å². The Morgan fingerprint density at radius 3 is 2.38 bits per heavy atom. The molecule has 0 unspecified atom stereocenters. The molecule has 82 valence electrons. The molecule has 0 aliphatic carbocycles. The number of hydrogen-bond acceptors (Lipinski definition) is 3. The molecule has 0 amide bonds. The first kappa shape index (κ1) is 10.5. The highest BCUT2D eigenvalue weighted by Gasteiger charge is 2.13. The second-order valence-electron chi connectivity index (χ2n) is 3.45. The number of hydrogen-bond donors (Lipinski definition) is 0. The Morgan fingerprint density at radius 1 is 1.19 bits per heavy atom. The van der Waals surface area contributed by atoms with E-state index in [0.29, 0.717) is 16.9 Å². The van der Waals surface area contributed by atoms with E-state index in [1.54, 1.807) is 44.4 Å². The summed E-state index contributed by atoms with van der Waals surface area (Å²) in [6.07, 6.45) is 1.52. The number of aryl methyl sites for hydroxylation is 1. The van der Waals surface area contributed by atoms with Gasteiger partial charge in [-0.25, -0.2) is 0 Å². The molecule has 0 saturated carbocycles. The third kappa shape index (κ3) is 1.84. The highest BCUT2D eigenvalue weighted by molar-refractivity contribution is 6.09. The minimum Gasteiger partial charge on any atom is -0.497 e. The lowest BCUT2D eigenvalue weighted by atomic mass is 10.0. The summed E-state index contributed by atoms with van der Waals surface area (Å²) in [5.74, 6) is 1.34. The summed E-state index contributed by atoms with van der Waals surface area (Å²) < 4.78 is 10.1. The molecule has 0 fully saturated rings. The maximum absolute atomic E-state index is 12.0. The minimum absolute atomic E-state index is 0.0334. The Morgan fingerprint density at radius 2 is 1.88 bits per heavy atom. The van der Waals surface area contributed by atoms with Crippen molar-refractivity contribution < 1.29 is 13.9 Å². The molecule has 0 aliphatic heterocycles. The molecular weight excluding hydrogens is 204 g/mol. The second kappa shape index (κ2) is 4.23. The van der Waals surface area contributed by atoms with Crippen LogP contribution >= 0.6 is 0 Å². The highest BCUT2D eigenvalue weighted by atomic mass is 16.5. The Hall–Kier alpha value is -2.03. The molecule has 1 heterocycles. The monoisotopic (exact) mass is 216 g/mol. The van der Waals surface area contributed by atoms with E-state index < -0.39 is 0 Å². The van der Waals surface area contributed by atoms with Crippen LogP contribution in [0.15, 0.2) is 41.0 Å². The van der Waals surface area contributed by atoms with Crippen molar-refractivity contribution in [3.05, 3.63) is 53.5 Å². The zero-order chi connectivity index (χ0) is 11.5. The topological polar surface area (TPSA) is 39.4 Å². The number of ether oxygens (including phenoxy) is 1. The van der Waals surface area contributed by atoms with Gasteiger partial charge in [-0.3, -0.25) is 4.79 Å². The Kier molecular flexibility index (Phi) is 2.77. The molecule has 2 aromatic rings. The molecule has 1 aromatic carbocycles. The molecule has 3 nitrogen and oxygen atoms in total. The van der Waals surface area contributed by atoms with Crippen LogP contribution in [0.4, 0.5) is 0 Å². The minimum atomic E-state index is -0.0334. The van der Waals surface area contributed by atoms with E-state index in [1.165, 1.54) is 6.26 Å². The number of furan rings is 1. The van der Waals surface area contributed by atoms with Gasteiger partial charge in [-0.1, -0.05) is 0 Å². The number of benzene rings is 1. The molecule has 0 radical (unpaired) electrons. The summed E-state index contributed by atoms with van der Waals surface area (Å²) in [6, 6.07) is 8.70. The number of carbonyl (C=O) groups excluding carboxylic acids is 1. The van der Waals surface area contributed by atoms with Crippen molar-refractivity contribution in [3.8, 4) is 5.75 Å². The van der Waals surface area contributed by atoms with Gasteiger partial charge in [-0.15, -0.1) is 0 Å². The van der Waals surface area contributed by atoms with Crippen LogP contribution in [0.2, 0.25) is 0 Å². The van der Waals surface area contributed by atoms with Crippen LogP contribution in [-0.2, 0) is 0 Å². The highest BCUT2D eigenvalue weighted by Crippen LogP contribution is 2.17. The Bertz CT molecular complexity index is 494. The SMILES string of the molecule is COc1ccc(C(=O)c2ccoc2C)cc1. The van der Waals surface area contributed by atoms with Crippen molar-refractivity contribution in [2.75, 3.05) is 7.11 Å². The number of methoxy groups -OCH3 is 1. The first-order chi connectivity index (χ1) is 7.72. The van der Waals surface area contributed by atoms with E-state index in [1.807, 2.05) is 0 Å². The average Bonchev–Trinajstić information content (AvgIpc) is 2.75. The van der Waals surface area contributed by atoms with E-state index in [9.17, 15) is 4.79 Å². The molecule has 3 heteroatoms. The molecule has 0 saturated heterocycles. The van der Waals surface area contributed by atoms with Crippen LogP contribution in [0.5, 0.6) is 5.75 Å². The lowest BCUT2D eigenvalue weighted by molar-refractivity contribution is 0.103. The molecule has 0 aliphatic rings. The molecule has 0 spiro atoms.